The zero-order valence-electron chi connectivity index (χ0n) is 18.8. The third-order valence-electron chi connectivity index (χ3n) is 5.76. The number of anilines is 1. The van der Waals surface area contributed by atoms with Crippen molar-refractivity contribution in [3.63, 3.8) is 0 Å². The van der Waals surface area contributed by atoms with Gasteiger partial charge in [0.2, 0.25) is 5.95 Å². The number of nitrogens with one attached hydrogen (secondary N) is 2. The minimum Gasteiger partial charge on any atom is -0.357 e. The van der Waals surface area contributed by atoms with E-state index in [1.165, 1.54) is 0 Å². The molecule has 1 fully saturated rings. The van der Waals surface area contributed by atoms with Crippen LogP contribution in [0.5, 0.6) is 0 Å². The highest BCUT2D eigenvalue weighted by atomic mass is 35.5. The molecule has 0 aliphatic heterocycles. The number of imidazole rings is 1. The Hall–Kier alpha value is -3.44. The second kappa shape index (κ2) is 9.21. The van der Waals surface area contributed by atoms with Gasteiger partial charge in [-0.15, -0.1) is 0 Å². The topological polar surface area (TPSA) is 101 Å². The number of nitrogens with zero attached hydrogens (tertiary/aromatic N) is 3. The summed E-state index contributed by atoms with van der Waals surface area (Å²) in [6.45, 7) is 0. The molecular weight excluding hydrogens is 515 g/mol. The van der Waals surface area contributed by atoms with Crippen molar-refractivity contribution in [1.82, 2.24) is 19.9 Å². The first kappa shape index (κ1) is 24.3. The Morgan fingerprint density at radius 3 is 2.50 bits per heavy atom. The van der Waals surface area contributed by atoms with E-state index in [9.17, 15) is 21.6 Å². The monoisotopic (exact) mass is 533 g/mol. The van der Waals surface area contributed by atoms with E-state index in [4.69, 9.17) is 11.6 Å². The third kappa shape index (κ3) is 4.56. The number of aromatic amines is 1. The third-order valence-corrected chi connectivity index (χ3v) is 7.91. The maximum absolute atomic E-state index is 14.8. The van der Waals surface area contributed by atoms with Crippen molar-refractivity contribution < 1.29 is 21.6 Å². The molecule has 2 N–H and O–H groups in total. The van der Waals surface area contributed by atoms with Crippen LogP contribution in [0.3, 0.4) is 0 Å². The lowest BCUT2D eigenvalue weighted by Crippen LogP contribution is -2.10. The van der Waals surface area contributed by atoms with E-state index in [2.05, 4.69) is 25.3 Å². The molecule has 2 aromatic carbocycles. The molecule has 0 atom stereocenters. The lowest BCUT2D eigenvalue weighted by atomic mass is 10.1. The smallest absolute Gasteiger partial charge is 0.222 e. The Labute approximate surface area is 209 Å². The molecule has 1 saturated carbocycles. The summed E-state index contributed by atoms with van der Waals surface area (Å²) in [5.74, 6) is -2.95. The largest absolute Gasteiger partial charge is 0.357 e. The van der Waals surface area contributed by atoms with Gasteiger partial charge in [0.25, 0.3) is 0 Å². The highest BCUT2D eigenvalue weighted by molar-refractivity contribution is 7.90. The molecule has 0 saturated heterocycles. The van der Waals surface area contributed by atoms with E-state index in [0.29, 0.717) is 23.2 Å². The summed E-state index contributed by atoms with van der Waals surface area (Å²) in [4.78, 5) is 15.3. The predicted octanol–water partition coefficient (Wildman–Crippen LogP) is 5.50. The Morgan fingerprint density at radius 1 is 1.11 bits per heavy atom. The Balaban J connectivity index is 1.64. The summed E-state index contributed by atoms with van der Waals surface area (Å²) >= 11 is 6.59. The van der Waals surface area contributed by atoms with Gasteiger partial charge in [0.1, 0.15) is 28.2 Å². The molecule has 4 aromatic rings. The van der Waals surface area contributed by atoms with Crippen molar-refractivity contribution in [3.05, 3.63) is 76.5 Å². The number of benzene rings is 2. The second-order valence-corrected chi connectivity index (χ2v) is 10.7. The zero-order valence-corrected chi connectivity index (χ0v) is 20.4. The Morgan fingerprint density at radius 2 is 1.83 bits per heavy atom. The first-order valence-corrected chi connectivity index (χ1v) is 13.0. The fourth-order valence-corrected chi connectivity index (χ4v) is 5.78. The van der Waals surface area contributed by atoms with E-state index in [0.717, 1.165) is 43.2 Å². The van der Waals surface area contributed by atoms with Crippen LogP contribution in [0.25, 0.3) is 22.6 Å². The highest BCUT2D eigenvalue weighted by Gasteiger charge is 2.31. The summed E-state index contributed by atoms with van der Waals surface area (Å²) < 4.78 is 69.0. The van der Waals surface area contributed by atoms with Crippen molar-refractivity contribution in [2.24, 2.45) is 0 Å². The van der Waals surface area contributed by atoms with E-state index in [1.807, 2.05) is 0 Å². The maximum atomic E-state index is 14.8. The first-order valence-electron chi connectivity index (χ1n) is 10.9. The molecule has 1 aliphatic rings. The lowest BCUT2D eigenvalue weighted by Gasteiger charge is -2.12. The van der Waals surface area contributed by atoms with Crippen LogP contribution in [0.1, 0.15) is 30.1 Å². The lowest BCUT2D eigenvalue weighted by molar-refractivity contribution is 0.519. The number of aromatic nitrogens is 4. The standard InChI is InChI=1S/C24H19ClF3N5O2S/c1-29-24-30-8-7-18(31-24)21-20(32-23(33-21)12-5-6-12)15-10-14(26)9-13(19(15)25)11-36(34,35)22-16(27)3-2-4-17(22)28/h2-4,7-10,12H,5-6,11H2,1H3,(H,32,33)(H,29,30,31). The van der Waals surface area contributed by atoms with Gasteiger partial charge in [0, 0.05) is 24.7 Å². The summed E-state index contributed by atoms with van der Waals surface area (Å²) in [6.07, 6.45) is 3.42. The van der Waals surface area contributed by atoms with Gasteiger partial charge in [-0.2, -0.15) is 0 Å². The molecule has 2 heterocycles. The molecule has 2 aromatic heterocycles. The average Bonchev–Trinajstić information content (AvgIpc) is 3.59. The Kier molecular flexibility index (Phi) is 6.21. The van der Waals surface area contributed by atoms with Gasteiger partial charge in [0.05, 0.1) is 27.9 Å². The maximum Gasteiger partial charge on any atom is 0.222 e. The summed E-state index contributed by atoms with van der Waals surface area (Å²) in [5, 5.41) is 2.75. The Bertz CT molecular complexity index is 1570. The van der Waals surface area contributed by atoms with Gasteiger partial charge >= 0.3 is 0 Å². The molecule has 0 amide bonds. The molecule has 1 aliphatic carbocycles. The fraction of sp³-hybridized carbons (Fsp3) is 0.208. The molecule has 0 radical (unpaired) electrons. The van der Waals surface area contributed by atoms with Crippen molar-refractivity contribution in [2.45, 2.75) is 29.4 Å². The van der Waals surface area contributed by atoms with Gasteiger partial charge < -0.3 is 10.3 Å². The summed E-state index contributed by atoms with van der Waals surface area (Å²) in [6, 6.07) is 6.45. The van der Waals surface area contributed by atoms with Crippen LogP contribution in [-0.2, 0) is 15.6 Å². The van der Waals surface area contributed by atoms with E-state index >= 15 is 0 Å². The molecule has 12 heteroatoms. The van der Waals surface area contributed by atoms with Crippen LogP contribution in [0.15, 0.2) is 47.5 Å². The molecule has 5 rings (SSSR count). The van der Waals surface area contributed by atoms with Gasteiger partial charge in [0.15, 0.2) is 9.84 Å². The van der Waals surface area contributed by atoms with Crippen molar-refractivity contribution in [1.29, 1.82) is 0 Å². The van der Waals surface area contributed by atoms with Crippen LogP contribution in [0, 0.1) is 17.5 Å². The van der Waals surface area contributed by atoms with Gasteiger partial charge in [-0.1, -0.05) is 17.7 Å². The van der Waals surface area contributed by atoms with Crippen LogP contribution < -0.4 is 5.32 Å². The highest BCUT2D eigenvalue weighted by Crippen LogP contribution is 2.43. The molecule has 0 unspecified atom stereocenters. The molecule has 0 spiro atoms. The molecule has 7 nitrogen and oxygen atoms in total. The minimum absolute atomic E-state index is 0.102. The van der Waals surface area contributed by atoms with Crippen molar-refractivity contribution in [3.8, 4) is 22.6 Å². The number of halogens is 4. The van der Waals surface area contributed by atoms with Crippen molar-refractivity contribution >= 4 is 27.4 Å². The summed E-state index contributed by atoms with van der Waals surface area (Å²) in [7, 11) is -2.88. The van der Waals surface area contributed by atoms with Gasteiger partial charge in [-0.25, -0.2) is 36.5 Å². The first-order chi connectivity index (χ1) is 17.2. The van der Waals surface area contributed by atoms with Gasteiger partial charge in [-0.05, 0) is 48.7 Å². The van der Waals surface area contributed by atoms with E-state index in [1.54, 1.807) is 19.3 Å². The molecular formula is C24H19ClF3N5O2S. The molecule has 0 bridgehead atoms. The van der Waals surface area contributed by atoms with Gasteiger partial charge in [-0.3, -0.25) is 0 Å². The SMILES string of the molecule is CNc1nccc(-c2[nH]c(C3CC3)nc2-c2cc(F)cc(CS(=O)(=O)c3c(F)cccc3F)c2Cl)n1. The number of hydrogen-bond acceptors (Lipinski definition) is 6. The number of rotatable bonds is 7. The van der Waals surface area contributed by atoms with Crippen LogP contribution in [0.2, 0.25) is 5.02 Å². The van der Waals surface area contributed by atoms with Crippen LogP contribution >= 0.6 is 11.6 Å². The molecule has 36 heavy (non-hydrogen) atoms. The summed E-state index contributed by atoms with van der Waals surface area (Å²) in [5.41, 5.74) is 1.16. The number of H-pyrrole nitrogens is 1. The normalized spacial score (nSPS) is 13.7. The quantitative estimate of drug-likeness (QED) is 0.325. The van der Waals surface area contributed by atoms with E-state index < -0.39 is 37.9 Å². The zero-order chi connectivity index (χ0) is 25.6. The minimum atomic E-state index is -4.54. The van der Waals surface area contributed by atoms with E-state index in [-0.39, 0.29) is 27.8 Å². The molecule has 186 valence electrons. The van der Waals surface area contributed by atoms with Crippen molar-refractivity contribution in [2.75, 3.05) is 12.4 Å². The van der Waals surface area contributed by atoms with Crippen LogP contribution in [0.4, 0.5) is 19.1 Å². The van der Waals surface area contributed by atoms with Crippen LogP contribution in [-0.4, -0.2) is 35.4 Å². The average molecular weight is 534 g/mol. The predicted molar refractivity (Wildman–Crippen MR) is 129 cm³/mol. The fourth-order valence-electron chi connectivity index (χ4n) is 3.92. The second-order valence-electron chi connectivity index (χ2n) is 8.37. The number of sulfone groups is 1. The number of hydrogen-bond donors (Lipinski definition) is 2.